The lowest BCUT2D eigenvalue weighted by Crippen LogP contribution is -2.32. The van der Waals surface area contributed by atoms with Gasteiger partial charge in [0.2, 0.25) is 0 Å². The van der Waals surface area contributed by atoms with Crippen LogP contribution in [0.25, 0.3) is 20.4 Å². The maximum atomic E-state index is 12.4. The van der Waals surface area contributed by atoms with E-state index in [1.807, 2.05) is 6.07 Å². The van der Waals surface area contributed by atoms with Gasteiger partial charge in [-0.25, -0.2) is 14.3 Å². The van der Waals surface area contributed by atoms with E-state index in [1.165, 1.54) is 0 Å². The van der Waals surface area contributed by atoms with E-state index in [4.69, 9.17) is 28.9 Å². The third-order valence-electron chi connectivity index (χ3n) is 3.28. The number of fused-ring (bicyclic) bond motifs is 3. The molecule has 0 radical (unpaired) electrons. The van der Waals surface area contributed by atoms with Gasteiger partial charge in [0.05, 0.1) is 11.1 Å². The van der Waals surface area contributed by atoms with E-state index in [-0.39, 0.29) is 20.9 Å². The van der Waals surface area contributed by atoms with Gasteiger partial charge >= 0.3 is 6.03 Å². The summed E-state index contributed by atoms with van der Waals surface area (Å²) < 4.78 is 0.809. The number of nitrogen functional groups attached to an aromatic ring is 1. The second-order valence-corrected chi connectivity index (χ2v) is 5.89. The third-order valence-corrected chi connectivity index (χ3v) is 4.64. The van der Waals surface area contributed by atoms with E-state index in [9.17, 15) is 9.59 Å². The lowest BCUT2D eigenvalue weighted by molar-refractivity contribution is 0.249. The number of hydrogen-bond acceptors (Lipinski definition) is 7. The van der Waals surface area contributed by atoms with Gasteiger partial charge in [0, 0.05) is 5.39 Å². The zero-order valence-electron chi connectivity index (χ0n) is 11.1. The van der Waals surface area contributed by atoms with Crippen LogP contribution in [-0.4, -0.2) is 20.6 Å². The molecule has 0 spiro atoms. The Morgan fingerprint density at radius 1 is 1.55 bits per heavy atom. The number of carbonyl (C=O) groups is 1. The number of primary amides is 1. The lowest BCUT2D eigenvalue weighted by atomic mass is 10.1. The summed E-state index contributed by atoms with van der Waals surface area (Å²) in [4.78, 5) is 31.2. The summed E-state index contributed by atoms with van der Waals surface area (Å²) in [6.45, 7) is 1.71. The van der Waals surface area contributed by atoms with Crippen LogP contribution < -0.4 is 17.0 Å². The molecule has 0 saturated heterocycles. The Morgan fingerprint density at radius 3 is 2.82 bits per heavy atom. The molecular formula is C12H8N6O2S2. The number of H-pyrrole nitrogens is 1. The van der Waals surface area contributed by atoms with Crippen LogP contribution in [0.4, 0.5) is 10.6 Å². The molecule has 5 N–H and O–H groups in total. The fourth-order valence-corrected chi connectivity index (χ4v) is 3.70. The van der Waals surface area contributed by atoms with Gasteiger partial charge in [-0.2, -0.15) is 5.26 Å². The first-order valence-corrected chi connectivity index (χ1v) is 7.16. The number of carbonyl (C=O) groups excluding carboxylic acids is 1. The van der Waals surface area contributed by atoms with Crippen molar-refractivity contribution in [2.75, 3.05) is 5.73 Å². The minimum Gasteiger partial charge on any atom is -0.383 e. The van der Waals surface area contributed by atoms with Gasteiger partial charge in [-0.3, -0.25) is 4.79 Å². The van der Waals surface area contributed by atoms with Crippen molar-refractivity contribution >= 4 is 55.8 Å². The average molecular weight is 332 g/mol. The number of nitrogens with two attached hydrogens (primary N) is 2. The molecule has 0 saturated carbocycles. The number of aromatic nitrogens is 3. The molecule has 110 valence electrons. The molecule has 3 rings (SSSR count). The van der Waals surface area contributed by atoms with Gasteiger partial charge in [-0.05, 0) is 24.7 Å². The Labute approximate surface area is 131 Å². The molecule has 3 aromatic rings. The van der Waals surface area contributed by atoms with Gasteiger partial charge < -0.3 is 16.5 Å². The molecule has 22 heavy (non-hydrogen) atoms. The molecule has 0 atom stereocenters. The van der Waals surface area contributed by atoms with Crippen LogP contribution in [-0.2, 0) is 0 Å². The van der Waals surface area contributed by atoms with E-state index >= 15 is 0 Å². The standard InChI is InChI=1S/C12H8N6O2S2/c1-3-4(2-13)8(14)17-9-5(3)6-7(22-9)10(19)18(11(15)20)12(21)16-6/h1H3,(H2,14,17)(H2,15,20)(H,16,21). The highest BCUT2D eigenvalue weighted by Crippen LogP contribution is 2.34. The van der Waals surface area contributed by atoms with E-state index < -0.39 is 11.6 Å². The highest BCUT2D eigenvalue weighted by molar-refractivity contribution is 7.71. The average Bonchev–Trinajstić information content (AvgIpc) is 2.77. The smallest absolute Gasteiger partial charge is 0.328 e. The Morgan fingerprint density at radius 2 is 2.23 bits per heavy atom. The Hall–Kier alpha value is -2.77. The zero-order valence-corrected chi connectivity index (χ0v) is 12.8. The van der Waals surface area contributed by atoms with Crippen LogP contribution in [0.3, 0.4) is 0 Å². The van der Waals surface area contributed by atoms with Crippen molar-refractivity contribution in [3.8, 4) is 6.07 Å². The SMILES string of the molecule is Cc1c(C#N)c(N)nc2sc3c(=O)n(C(N)=O)c(=S)[nH]c3c12. The molecular weight excluding hydrogens is 324 g/mol. The second-order valence-electron chi connectivity index (χ2n) is 4.50. The maximum absolute atomic E-state index is 12.4. The summed E-state index contributed by atoms with van der Waals surface area (Å²) in [5.41, 5.74) is 11.6. The number of rotatable bonds is 0. The molecule has 0 aliphatic heterocycles. The first-order valence-electron chi connectivity index (χ1n) is 5.94. The lowest BCUT2D eigenvalue weighted by Gasteiger charge is -2.04. The second kappa shape index (κ2) is 4.62. The molecule has 0 aliphatic carbocycles. The van der Waals surface area contributed by atoms with E-state index in [0.717, 1.165) is 11.3 Å². The minimum absolute atomic E-state index is 0.0906. The molecule has 1 amide bonds. The summed E-state index contributed by atoms with van der Waals surface area (Å²) in [5, 5.41) is 9.76. The quantitative estimate of drug-likeness (QED) is 0.530. The van der Waals surface area contributed by atoms with Crippen molar-refractivity contribution in [1.29, 1.82) is 5.26 Å². The summed E-state index contributed by atoms with van der Waals surface area (Å²) in [7, 11) is 0. The molecule has 3 aromatic heterocycles. The van der Waals surface area contributed by atoms with Crippen molar-refractivity contribution < 1.29 is 4.79 Å². The van der Waals surface area contributed by atoms with E-state index in [0.29, 0.717) is 25.9 Å². The molecule has 0 fully saturated rings. The van der Waals surface area contributed by atoms with Crippen LogP contribution in [0.5, 0.6) is 0 Å². The van der Waals surface area contributed by atoms with Gasteiger partial charge in [0.15, 0.2) is 4.77 Å². The monoisotopic (exact) mass is 332 g/mol. The van der Waals surface area contributed by atoms with Crippen LogP contribution >= 0.6 is 23.6 Å². The van der Waals surface area contributed by atoms with Crippen LogP contribution in [0, 0.1) is 23.0 Å². The fraction of sp³-hybridized carbons (Fsp3) is 0.0833. The molecule has 3 heterocycles. The normalized spacial score (nSPS) is 10.9. The number of nitriles is 1. The summed E-state index contributed by atoms with van der Waals surface area (Å²) in [6.07, 6.45) is 0. The fourth-order valence-electron chi connectivity index (χ4n) is 2.30. The first-order chi connectivity index (χ1) is 10.4. The van der Waals surface area contributed by atoms with E-state index in [2.05, 4.69) is 9.97 Å². The summed E-state index contributed by atoms with van der Waals surface area (Å²) >= 11 is 6.06. The summed E-state index contributed by atoms with van der Waals surface area (Å²) in [5.74, 6) is 0.0906. The van der Waals surface area contributed by atoms with Gasteiger partial charge in [0.1, 0.15) is 21.4 Å². The van der Waals surface area contributed by atoms with Crippen LogP contribution in [0.1, 0.15) is 11.1 Å². The Balaban J connectivity index is 2.64. The van der Waals surface area contributed by atoms with Crippen LogP contribution in [0.15, 0.2) is 4.79 Å². The number of aromatic amines is 1. The van der Waals surface area contributed by atoms with Gasteiger partial charge in [-0.1, -0.05) is 0 Å². The topological polar surface area (TPSA) is 144 Å². The maximum Gasteiger partial charge on any atom is 0.328 e. The number of thiophene rings is 1. The largest absolute Gasteiger partial charge is 0.383 e. The number of aryl methyl sites for hydroxylation is 1. The molecule has 0 bridgehead atoms. The van der Waals surface area contributed by atoms with Crippen LogP contribution in [0.2, 0.25) is 0 Å². The van der Waals surface area contributed by atoms with Gasteiger partial charge in [0.25, 0.3) is 5.56 Å². The molecule has 8 nitrogen and oxygen atoms in total. The number of pyridine rings is 1. The number of nitrogens with zero attached hydrogens (tertiary/aromatic N) is 3. The minimum atomic E-state index is -0.965. The Bertz CT molecular complexity index is 1130. The van der Waals surface area contributed by atoms with Crippen molar-refractivity contribution in [3.63, 3.8) is 0 Å². The van der Waals surface area contributed by atoms with Crippen molar-refractivity contribution in [3.05, 3.63) is 26.3 Å². The highest BCUT2D eigenvalue weighted by atomic mass is 32.1. The molecule has 0 unspecified atom stereocenters. The van der Waals surface area contributed by atoms with Crippen molar-refractivity contribution in [1.82, 2.24) is 14.5 Å². The number of hydrogen-bond donors (Lipinski definition) is 3. The zero-order chi connectivity index (χ0) is 16.2. The van der Waals surface area contributed by atoms with Crippen molar-refractivity contribution in [2.45, 2.75) is 6.92 Å². The predicted molar refractivity (Wildman–Crippen MR) is 85.4 cm³/mol. The van der Waals surface area contributed by atoms with Crippen molar-refractivity contribution in [2.24, 2.45) is 5.73 Å². The number of amides is 1. The third kappa shape index (κ3) is 1.73. The predicted octanol–water partition coefficient (Wildman–Crippen LogP) is 1.36. The summed E-state index contributed by atoms with van der Waals surface area (Å²) in [6, 6.07) is 1.02. The molecule has 0 aliphatic rings. The van der Waals surface area contributed by atoms with Gasteiger partial charge in [-0.15, -0.1) is 11.3 Å². The first kappa shape index (κ1) is 14.2. The Kier molecular flexibility index (Phi) is 2.98. The highest BCUT2D eigenvalue weighted by Gasteiger charge is 2.19. The van der Waals surface area contributed by atoms with E-state index in [1.54, 1.807) is 6.92 Å². The molecule has 0 aromatic carbocycles. The number of nitrogens with one attached hydrogen (secondary N) is 1. The molecule has 10 heteroatoms. The number of anilines is 1.